The van der Waals surface area contributed by atoms with Crippen LogP contribution >= 0.6 is 0 Å². The fraction of sp³-hybridized carbons (Fsp3) is 0.350. The van der Waals surface area contributed by atoms with Gasteiger partial charge in [-0.05, 0) is 73.6 Å². The molecule has 0 saturated carbocycles. The summed E-state index contributed by atoms with van der Waals surface area (Å²) < 4.78 is 0. The molecule has 4 heteroatoms. The first kappa shape index (κ1) is 16.5. The van der Waals surface area contributed by atoms with Gasteiger partial charge in [-0.3, -0.25) is 4.79 Å². The minimum atomic E-state index is -0.878. The molecule has 24 heavy (non-hydrogen) atoms. The summed E-state index contributed by atoms with van der Waals surface area (Å²) in [5, 5.41) is 12.7. The van der Waals surface area contributed by atoms with Gasteiger partial charge in [-0.15, -0.1) is 0 Å². The minimum absolute atomic E-state index is 0.0752. The summed E-state index contributed by atoms with van der Waals surface area (Å²) in [7, 11) is 0. The molecule has 2 aromatic rings. The normalized spacial score (nSPS) is 19.4. The summed E-state index contributed by atoms with van der Waals surface area (Å²) in [4.78, 5) is 12.5. The second-order valence-corrected chi connectivity index (χ2v) is 7.12. The maximum absolute atomic E-state index is 12.5. The van der Waals surface area contributed by atoms with E-state index in [1.54, 1.807) is 12.1 Å². The zero-order valence-corrected chi connectivity index (χ0v) is 14.4. The molecule has 3 rings (SSSR count). The van der Waals surface area contributed by atoms with Gasteiger partial charge in [0, 0.05) is 6.04 Å². The average molecular weight is 324 g/mol. The van der Waals surface area contributed by atoms with Crippen molar-refractivity contribution in [2.24, 2.45) is 5.73 Å². The largest absolute Gasteiger partial charge is 0.508 e. The van der Waals surface area contributed by atoms with Gasteiger partial charge < -0.3 is 16.2 Å². The van der Waals surface area contributed by atoms with Crippen LogP contribution in [0.25, 0.3) is 11.1 Å². The molecule has 0 bridgehead atoms. The number of benzene rings is 2. The number of nitrogens with one attached hydrogen (secondary N) is 1. The van der Waals surface area contributed by atoms with E-state index in [4.69, 9.17) is 5.73 Å². The average Bonchev–Trinajstić information content (AvgIpc) is 2.82. The number of hydrogen-bond donors (Lipinski definition) is 3. The van der Waals surface area contributed by atoms with Crippen molar-refractivity contribution in [2.75, 3.05) is 0 Å². The molecule has 1 amide bonds. The molecule has 1 atom stereocenters. The van der Waals surface area contributed by atoms with Crippen LogP contribution in [0, 0.1) is 6.92 Å². The Hall–Kier alpha value is -2.33. The molecule has 1 aliphatic carbocycles. The van der Waals surface area contributed by atoms with Crippen molar-refractivity contribution in [1.82, 2.24) is 5.32 Å². The van der Waals surface area contributed by atoms with Crippen molar-refractivity contribution in [3.8, 4) is 16.9 Å². The molecular weight excluding hydrogens is 300 g/mol. The Balaban J connectivity index is 1.95. The molecule has 0 fully saturated rings. The third-order valence-electron chi connectivity index (χ3n) is 4.59. The van der Waals surface area contributed by atoms with Crippen LogP contribution in [0.5, 0.6) is 5.75 Å². The maximum atomic E-state index is 12.5. The van der Waals surface area contributed by atoms with E-state index >= 15 is 0 Å². The molecule has 4 N–H and O–H groups in total. The highest BCUT2D eigenvalue weighted by atomic mass is 16.3. The highest BCUT2D eigenvalue weighted by molar-refractivity contribution is 5.88. The van der Waals surface area contributed by atoms with Crippen molar-refractivity contribution in [3.05, 3.63) is 53.1 Å². The maximum Gasteiger partial charge on any atom is 0.240 e. The molecule has 2 aromatic carbocycles. The number of hydrogen-bond acceptors (Lipinski definition) is 3. The number of nitrogens with two attached hydrogens (primary N) is 1. The van der Waals surface area contributed by atoms with Gasteiger partial charge >= 0.3 is 0 Å². The van der Waals surface area contributed by atoms with Gasteiger partial charge in [-0.1, -0.05) is 24.3 Å². The lowest BCUT2D eigenvalue weighted by molar-refractivity contribution is -0.126. The highest BCUT2D eigenvalue weighted by Gasteiger charge is 2.40. The molecule has 0 aliphatic heterocycles. The Bertz CT molecular complexity index is 798. The Labute approximate surface area is 142 Å². The number of carbonyl (C=O) groups excluding carboxylic acids is 1. The summed E-state index contributed by atoms with van der Waals surface area (Å²) in [6.07, 6.45) is 1.09. The van der Waals surface area contributed by atoms with Gasteiger partial charge in [0.05, 0.1) is 0 Å². The van der Waals surface area contributed by atoms with Gasteiger partial charge in [0.1, 0.15) is 11.3 Å². The van der Waals surface area contributed by atoms with E-state index in [2.05, 4.69) is 17.4 Å². The van der Waals surface area contributed by atoms with Crippen molar-refractivity contribution >= 4 is 5.91 Å². The van der Waals surface area contributed by atoms with Crippen LogP contribution in [0.15, 0.2) is 36.4 Å². The van der Waals surface area contributed by atoms with E-state index in [0.29, 0.717) is 12.8 Å². The predicted molar refractivity (Wildman–Crippen MR) is 95.9 cm³/mol. The molecule has 0 saturated heterocycles. The first-order valence-electron chi connectivity index (χ1n) is 8.30. The summed E-state index contributed by atoms with van der Waals surface area (Å²) in [5.41, 5.74) is 10.9. The molecule has 0 spiro atoms. The fourth-order valence-electron chi connectivity index (χ4n) is 3.43. The van der Waals surface area contributed by atoms with Gasteiger partial charge in [-0.2, -0.15) is 0 Å². The highest BCUT2D eigenvalue weighted by Crippen LogP contribution is 2.35. The lowest BCUT2D eigenvalue weighted by Crippen LogP contribution is -2.56. The van der Waals surface area contributed by atoms with Crippen LogP contribution < -0.4 is 11.1 Å². The number of rotatable bonds is 3. The smallest absolute Gasteiger partial charge is 0.240 e. The van der Waals surface area contributed by atoms with Gasteiger partial charge in [0.15, 0.2) is 0 Å². The van der Waals surface area contributed by atoms with Crippen LogP contribution in [0.4, 0.5) is 0 Å². The summed E-state index contributed by atoms with van der Waals surface area (Å²) in [6.45, 7) is 5.92. The Morgan fingerprint density at radius 2 is 1.88 bits per heavy atom. The number of phenolic OH excluding ortho intramolecular Hbond substituents is 1. The zero-order valence-electron chi connectivity index (χ0n) is 14.4. The van der Waals surface area contributed by atoms with E-state index in [1.165, 1.54) is 0 Å². The van der Waals surface area contributed by atoms with Gasteiger partial charge in [-0.25, -0.2) is 0 Å². The molecule has 0 radical (unpaired) electrons. The predicted octanol–water partition coefficient (Wildman–Crippen LogP) is 2.69. The standard InChI is InChI=1S/C20H24N2O2/c1-12(2)22-19(24)20(21)10-15-7-13(3)18(9-16(15)11-20)14-5-4-6-17(23)8-14/h4-9,12,23H,10-11,21H2,1-3H3,(H,22,24). The third kappa shape index (κ3) is 3.02. The van der Waals surface area contributed by atoms with E-state index in [-0.39, 0.29) is 17.7 Å². The molecule has 0 heterocycles. The number of carbonyl (C=O) groups is 1. The number of aryl methyl sites for hydroxylation is 1. The van der Waals surface area contributed by atoms with Crippen molar-refractivity contribution < 1.29 is 9.90 Å². The quantitative estimate of drug-likeness (QED) is 0.812. The molecular formula is C20H24N2O2. The van der Waals surface area contributed by atoms with Crippen LogP contribution in [-0.4, -0.2) is 22.6 Å². The summed E-state index contributed by atoms with van der Waals surface area (Å²) in [5.74, 6) is 0.155. The summed E-state index contributed by atoms with van der Waals surface area (Å²) >= 11 is 0. The number of amides is 1. The lowest BCUT2D eigenvalue weighted by Gasteiger charge is -2.23. The topological polar surface area (TPSA) is 75.3 Å². The third-order valence-corrected chi connectivity index (χ3v) is 4.59. The van der Waals surface area contributed by atoms with Crippen LogP contribution in [0.2, 0.25) is 0 Å². The van der Waals surface area contributed by atoms with Crippen LogP contribution in [0.1, 0.15) is 30.5 Å². The second-order valence-electron chi connectivity index (χ2n) is 7.12. The monoisotopic (exact) mass is 324 g/mol. The molecule has 126 valence electrons. The van der Waals surface area contributed by atoms with E-state index in [0.717, 1.165) is 27.8 Å². The van der Waals surface area contributed by atoms with Gasteiger partial charge in [0.25, 0.3) is 0 Å². The van der Waals surface area contributed by atoms with Crippen molar-refractivity contribution in [3.63, 3.8) is 0 Å². The lowest BCUT2D eigenvalue weighted by atomic mass is 9.95. The number of aromatic hydroxyl groups is 1. The molecule has 4 nitrogen and oxygen atoms in total. The molecule has 0 aromatic heterocycles. The Morgan fingerprint density at radius 3 is 2.50 bits per heavy atom. The van der Waals surface area contributed by atoms with Crippen LogP contribution in [-0.2, 0) is 17.6 Å². The second kappa shape index (κ2) is 5.95. The van der Waals surface area contributed by atoms with E-state index < -0.39 is 5.54 Å². The van der Waals surface area contributed by atoms with E-state index in [9.17, 15) is 9.90 Å². The first-order valence-corrected chi connectivity index (χ1v) is 8.30. The van der Waals surface area contributed by atoms with Gasteiger partial charge in [0.2, 0.25) is 5.91 Å². The number of phenols is 1. The van der Waals surface area contributed by atoms with Crippen molar-refractivity contribution in [1.29, 1.82) is 0 Å². The first-order chi connectivity index (χ1) is 11.3. The number of fused-ring (bicyclic) bond motifs is 1. The zero-order chi connectivity index (χ0) is 17.5. The minimum Gasteiger partial charge on any atom is -0.508 e. The summed E-state index contributed by atoms with van der Waals surface area (Å²) in [6, 6.07) is 11.5. The van der Waals surface area contributed by atoms with Crippen molar-refractivity contribution in [2.45, 2.75) is 45.2 Å². The SMILES string of the molecule is Cc1cc2c(cc1-c1cccc(O)c1)CC(N)(C(=O)NC(C)C)C2. The Morgan fingerprint density at radius 1 is 1.21 bits per heavy atom. The Kier molecular flexibility index (Phi) is 4.10. The van der Waals surface area contributed by atoms with Crippen LogP contribution in [0.3, 0.4) is 0 Å². The fourth-order valence-corrected chi connectivity index (χ4v) is 3.43. The molecule has 1 unspecified atom stereocenters. The molecule has 1 aliphatic rings. The van der Waals surface area contributed by atoms with E-state index in [1.807, 2.05) is 32.9 Å².